The molecule has 0 unspecified atom stereocenters. The van der Waals surface area contributed by atoms with E-state index in [-0.39, 0.29) is 12.3 Å². The fourth-order valence-corrected chi connectivity index (χ4v) is 0.878. The number of carbonyl (C=O) groups is 1. The Morgan fingerprint density at radius 2 is 2.00 bits per heavy atom. The van der Waals surface area contributed by atoms with Crippen LogP contribution in [0.15, 0.2) is 24.3 Å². The van der Waals surface area contributed by atoms with Crippen LogP contribution in [0.25, 0.3) is 0 Å². The third-order valence-corrected chi connectivity index (χ3v) is 1.55. The molecule has 0 aliphatic rings. The van der Waals surface area contributed by atoms with E-state index >= 15 is 0 Å². The van der Waals surface area contributed by atoms with Crippen LogP contribution in [0.4, 0.5) is 5.69 Å². The van der Waals surface area contributed by atoms with E-state index in [1.165, 1.54) is 24.3 Å². The first-order valence-corrected chi connectivity index (χ1v) is 3.81. The highest BCUT2D eigenvalue weighted by atomic mass is 16.6. The van der Waals surface area contributed by atoms with Gasteiger partial charge in [-0.1, -0.05) is 0 Å². The average Bonchev–Trinajstić information content (AvgIpc) is 2.15. The number of hydrogen-bond donors (Lipinski definition) is 0. The number of ether oxygens (including phenoxy) is 1. The molecule has 0 heterocycles. The maximum absolute atomic E-state index is 10.4. The summed E-state index contributed by atoms with van der Waals surface area (Å²) in [6, 6.07) is 5.76. The maximum atomic E-state index is 10.4. The number of nitro groups is 1. The molecule has 1 aromatic carbocycles. The Hall–Kier alpha value is -1.91. The Bertz CT molecular complexity index is 344. The number of nitro benzene ring substituents is 1. The summed E-state index contributed by atoms with van der Waals surface area (Å²) in [5, 5.41) is 10.3. The molecule has 0 bridgehead atoms. The highest BCUT2D eigenvalue weighted by Crippen LogP contribution is 2.12. The lowest BCUT2D eigenvalue weighted by Crippen LogP contribution is -1.99. The smallest absolute Gasteiger partial charge is 0.306 e. The molecule has 0 saturated carbocycles. The molecule has 0 aromatic heterocycles. The number of nitrogens with zero attached hydrogens (tertiary/aromatic N) is 1. The number of benzene rings is 1. The Morgan fingerprint density at radius 1 is 1.43 bits per heavy atom. The van der Waals surface area contributed by atoms with Crippen LogP contribution in [0.5, 0.6) is 0 Å². The van der Waals surface area contributed by atoms with Crippen molar-refractivity contribution in [1.29, 1.82) is 0 Å². The molecule has 5 nitrogen and oxygen atoms in total. The monoisotopic (exact) mass is 194 g/mol. The summed E-state index contributed by atoms with van der Waals surface area (Å²) in [6.45, 7) is 3.11. The van der Waals surface area contributed by atoms with Gasteiger partial charge in [-0.2, -0.15) is 0 Å². The summed E-state index contributed by atoms with van der Waals surface area (Å²) < 4.78 is 4.61. The molecule has 0 aliphatic heterocycles. The Morgan fingerprint density at radius 3 is 2.43 bits per heavy atom. The molecule has 14 heavy (non-hydrogen) atoms. The van der Waals surface area contributed by atoms with Crippen molar-refractivity contribution in [2.75, 3.05) is 0 Å². The molecule has 0 amide bonds. The van der Waals surface area contributed by atoms with Crippen LogP contribution < -0.4 is 0 Å². The van der Waals surface area contributed by atoms with E-state index in [0.717, 1.165) is 0 Å². The molecular formula is C9H8NO4. The Balaban J connectivity index is 2.64. The summed E-state index contributed by atoms with van der Waals surface area (Å²) in [4.78, 5) is 20.2. The van der Waals surface area contributed by atoms with Gasteiger partial charge in [-0.15, -0.1) is 0 Å². The normalized spacial score (nSPS) is 9.50. The minimum Gasteiger partial charge on any atom is -0.461 e. The van der Waals surface area contributed by atoms with Crippen LogP contribution in [0.1, 0.15) is 5.56 Å². The Kier molecular flexibility index (Phi) is 3.17. The van der Waals surface area contributed by atoms with Gasteiger partial charge in [-0.05, 0) is 17.7 Å². The van der Waals surface area contributed by atoms with Crippen molar-refractivity contribution in [3.8, 4) is 0 Å². The van der Waals surface area contributed by atoms with Gasteiger partial charge in [0.2, 0.25) is 0 Å². The molecule has 0 fully saturated rings. The zero-order chi connectivity index (χ0) is 10.6. The Labute approximate surface area is 80.5 Å². The fourth-order valence-electron chi connectivity index (χ4n) is 0.878. The van der Waals surface area contributed by atoms with Crippen molar-refractivity contribution in [3.63, 3.8) is 0 Å². The summed E-state index contributed by atoms with van der Waals surface area (Å²) in [6.07, 6.45) is 0. The molecule has 1 radical (unpaired) electrons. The zero-order valence-electron chi connectivity index (χ0n) is 7.30. The standard InChI is InChI=1S/C9H8NO4/c1-7(11)14-6-8-2-4-9(5-3-8)10(12)13/h2-5H,1,6H2. The van der Waals surface area contributed by atoms with E-state index in [1.54, 1.807) is 0 Å². The highest BCUT2D eigenvalue weighted by Gasteiger charge is 2.04. The van der Waals surface area contributed by atoms with Crippen LogP contribution in [0.3, 0.4) is 0 Å². The van der Waals surface area contributed by atoms with E-state index in [2.05, 4.69) is 11.7 Å². The van der Waals surface area contributed by atoms with Gasteiger partial charge in [0.1, 0.15) is 6.61 Å². The predicted octanol–water partition coefficient (Wildman–Crippen LogP) is 1.47. The van der Waals surface area contributed by atoms with Crippen molar-refractivity contribution in [2.45, 2.75) is 6.61 Å². The van der Waals surface area contributed by atoms with E-state index in [1.807, 2.05) is 0 Å². The van der Waals surface area contributed by atoms with Crippen molar-refractivity contribution in [2.24, 2.45) is 0 Å². The largest absolute Gasteiger partial charge is 0.461 e. The predicted molar refractivity (Wildman–Crippen MR) is 48.2 cm³/mol. The van der Waals surface area contributed by atoms with Gasteiger partial charge in [0, 0.05) is 12.1 Å². The summed E-state index contributed by atoms with van der Waals surface area (Å²) in [5.74, 6) is -0.622. The van der Waals surface area contributed by atoms with Gasteiger partial charge >= 0.3 is 5.97 Å². The third kappa shape index (κ3) is 2.85. The van der Waals surface area contributed by atoms with Crippen LogP contribution in [0.2, 0.25) is 0 Å². The lowest BCUT2D eigenvalue weighted by molar-refractivity contribution is -0.384. The minimum absolute atomic E-state index is 0.00898. The van der Waals surface area contributed by atoms with Crippen LogP contribution in [-0.2, 0) is 16.1 Å². The quantitative estimate of drug-likeness (QED) is 0.415. The van der Waals surface area contributed by atoms with E-state index in [0.29, 0.717) is 5.56 Å². The molecular weight excluding hydrogens is 186 g/mol. The van der Waals surface area contributed by atoms with Gasteiger partial charge in [-0.25, -0.2) is 0 Å². The topological polar surface area (TPSA) is 69.4 Å². The van der Waals surface area contributed by atoms with Gasteiger partial charge < -0.3 is 4.74 Å². The molecule has 0 aliphatic carbocycles. The lowest BCUT2D eigenvalue weighted by Gasteiger charge is -2.00. The van der Waals surface area contributed by atoms with E-state index in [4.69, 9.17) is 0 Å². The van der Waals surface area contributed by atoms with Crippen molar-refractivity contribution in [3.05, 3.63) is 46.9 Å². The molecule has 5 heteroatoms. The summed E-state index contributed by atoms with van der Waals surface area (Å²) in [7, 11) is 0. The SMILES string of the molecule is [CH2]C(=O)OCc1ccc([N+](=O)[O-])cc1. The summed E-state index contributed by atoms with van der Waals surface area (Å²) in [5.41, 5.74) is 0.697. The molecule has 1 aromatic rings. The first kappa shape index (κ1) is 10.2. The van der Waals surface area contributed by atoms with Gasteiger partial charge in [-0.3, -0.25) is 14.9 Å². The number of hydrogen-bond acceptors (Lipinski definition) is 4. The maximum Gasteiger partial charge on any atom is 0.306 e. The minimum atomic E-state index is -0.622. The third-order valence-electron chi connectivity index (χ3n) is 1.55. The van der Waals surface area contributed by atoms with Crippen LogP contribution in [-0.4, -0.2) is 10.9 Å². The molecule has 0 spiro atoms. The van der Waals surface area contributed by atoms with Crippen LogP contribution in [0, 0.1) is 17.0 Å². The van der Waals surface area contributed by atoms with Gasteiger partial charge in [0.05, 0.1) is 11.8 Å². The van der Waals surface area contributed by atoms with Crippen molar-refractivity contribution in [1.82, 2.24) is 0 Å². The number of esters is 1. The lowest BCUT2D eigenvalue weighted by atomic mass is 10.2. The van der Waals surface area contributed by atoms with E-state index in [9.17, 15) is 14.9 Å². The van der Waals surface area contributed by atoms with Crippen molar-refractivity contribution < 1.29 is 14.5 Å². The van der Waals surface area contributed by atoms with E-state index < -0.39 is 10.9 Å². The second-order valence-corrected chi connectivity index (χ2v) is 2.58. The second-order valence-electron chi connectivity index (χ2n) is 2.58. The number of non-ortho nitro benzene ring substituents is 1. The molecule has 0 saturated heterocycles. The van der Waals surface area contributed by atoms with Crippen molar-refractivity contribution >= 4 is 11.7 Å². The number of rotatable bonds is 3. The molecule has 0 atom stereocenters. The summed E-state index contributed by atoms with van der Waals surface area (Å²) >= 11 is 0. The fraction of sp³-hybridized carbons (Fsp3) is 0.111. The first-order chi connectivity index (χ1) is 6.59. The van der Waals surface area contributed by atoms with Gasteiger partial charge in [0.25, 0.3) is 5.69 Å². The number of carbonyl (C=O) groups excluding carboxylic acids is 1. The highest BCUT2D eigenvalue weighted by molar-refractivity contribution is 5.73. The zero-order valence-corrected chi connectivity index (χ0v) is 7.30. The molecule has 1 rings (SSSR count). The van der Waals surface area contributed by atoms with Crippen LogP contribution >= 0.6 is 0 Å². The first-order valence-electron chi connectivity index (χ1n) is 3.81. The average molecular weight is 194 g/mol. The molecule has 73 valence electrons. The van der Waals surface area contributed by atoms with Gasteiger partial charge in [0.15, 0.2) is 0 Å². The molecule has 0 N–H and O–H groups in total. The second kappa shape index (κ2) is 4.36.